The van der Waals surface area contributed by atoms with E-state index in [-0.39, 0.29) is 0 Å². The van der Waals surface area contributed by atoms with Crippen molar-refractivity contribution in [2.75, 3.05) is 29.9 Å². The van der Waals surface area contributed by atoms with Crippen molar-refractivity contribution in [3.8, 4) is 0 Å². The Kier molecular flexibility index (Phi) is 8.25. The first-order chi connectivity index (χ1) is 13.1. The molecule has 146 valence electrons. The topological polar surface area (TPSA) is 27.3 Å². The van der Waals surface area contributed by atoms with Crippen LogP contribution in [0, 0.1) is 0 Å². The molecule has 3 heteroatoms. The molecule has 0 unspecified atom stereocenters. The summed E-state index contributed by atoms with van der Waals surface area (Å²) in [6.07, 6.45) is 10.7. The Hall–Kier alpha value is -2.42. The van der Waals surface area contributed by atoms with Crippen LogP contribution < -0.4 is 15.5 Å². The summed E-state index contributed by atoms with van der Waals surface area (Å²) in [5, 5.41) is 6.99. The van der Waals surface area contributed by atoms with Gasteiger partial charge in [0.25, 0.3) is 0 Å². The largest absolute Gasteiger partial charge is 0.385 e. The molecule has 0 aliphatic heterocycles. The van der Waals surface area contributed by atoms with E-state index in [4.69, 9.17) is 0 Å². The summed E-state index contributed by atoms with van der Waals surface area (Å²) in [7, 11) is 0. The zero-order valence-electron chi connectivity index (χ0n) is 17.3. The van der Waals surface area contributed by atoms with Gasteiger partial charge in [-0.05, 0) is 49.0 Å². The monoisotopic (exact) mass is 365 g/mol. The average molecular weight is 366 g/mol. The van der Waals surface area contributed by atoms with Gasteiger partial charge in [0, 0.05) is 31.0 Å². The quantitative estimate of drug-likeness (QED) is 0.469. The highest BCUT2D eigenvalue weighted by Crippen LogP contribution is 2.32. The Morgan fingerprint density at radius 2 is 1.78 bits per heavy atom. The number of allylic oxidation sites excluding steroid dienone is 4. The zero-order chi connectivity index (χ0) is 19.6. The van der Waals surface area contributed by atoms with Crippen LogP contribution in [-0.4, -0.2) is 19.6 Å². The second kappa shape index (κ2) is 10.7. The molecule has 0 atom stereocenters. The Labute approximate surface area is 165 Å². The molecule has 0 fully saturated rings. The summed E-state index contributed by atoms with van der Waals surface area (Å²) in [6, 6.07) is 6.59. The van der Waals surface area contributed by atoms with Crippen LogP contribution in [0.25, 0.3) is 5.70 Å². The van der Waals surface area contributed by atoms with Gasteiger partial charge in [-0.1, -0.05) is 58.2 Å². The summed E-state index contributed by atoms with van der Waals surface area (Å²) in [4.78, 5) is 2.46. The molecule has 2 rings (SSSR count). The van der Waals surface area contributed by atoms with Crippen LogP contribution in [0.4, 0.5) is 11.4 Å². The molecular formula is C24H35N3. The number of nitrogens with zero attached hydrogens (tertiary/aromatic N) is 1. The number of hydrogen-bond donors (Lipinski definition) is 2. The van der Waals surface area contributed by atoms with Crippen LogP contribution in [0.3, 0.4) is 0 Å². The Morgan fingerprint density at radius 1 is 1.04 bits per heavy atom. The molecule has 0 radical (unpaired) electrons. The minimum atomic E-state index is 0.937. The van der Waals surface area contributed by atoms with E-state index in [1.165, 1.54) is 11.3 Å². The van der Waals surface area contributed by atoms with Crippen LogP contribution in [-0.2, 0) is 0 Å². The molecule has 0 bridgehead atoms. The molecule has 1 aromatic carbocycles. The maximum atomic E-state index is 4.27. The number of rotatable bonds is 12. The SMILES string of the molecule is C=C(Nc1cc(C(=C)NCCC)ccc1N(CCC)CCC)C1=CC=CC1. The summed E-state index contributed by atoms with van der Waals surface area (Å²) in [5.74, 6) is 0. The van der Waals surface area contributed by atoms with Crippen molar-refractivity contribution in [3.05, 3.63) is 66.4 Å². The van der Waals surface area contributed by atoms with Crippen molar-refractivity contribution in [2.24, 2.45) is 0 Å². The summed E-state index contributed by atoms with van der Waals surface area (Å²) in [6.45, 7) is 18.1. The van der Waals surface area contributed by atoms with E-state index in [1.54, 1.807) is 0 Å². The third kappa shape index (κ3) is 5.78. The van der Waals surface area contributed by atoms with Gasteiger partial charge < -0.3 is 15.5 Å². The lowest BCUT2D eigenvalue weighted by Gasteiger charge is -2.28. The van der Waals surface area contributed by atoms with Gasteiger partial charge in [-0.25, -0.2) is 0 Å². The normalized spacial score (nSPS) is 12.6. The van der Waals surface area contributed by atoms with Gasteiger partial charge in [0.1, 0.15) is 0 Å². The van der Waals surface area contributed by atoms with Gasteiger partial charge in [-0.15, -0.1) is 0 Å². The molecule has 0 heterocycles. The van der Waals surface area contributed by atoms with Crippen molar-refractivity contribution in [1.82, 2.24) is 5.32 Å². The van der Waals surface area contributed by atoms with E-state index in [0.29, 0.717) is 0 Å². The molecule has 1 aliphatic carbocycles. The molecule has 0 aromatic heterocycles. The number of benzene rings is 1. The van der Waals surface area contributed by atoms with Gasteiger partial charge in [-0.3, -0.25) is 0 Å². The molecular weight excluding hydrogens is 330 g/mol. The molecule has 0 spiro atoms. The highest BCUT2D eigenvalue weighted by molar-refractivity contribution is 5.78. The van der Waals surface area contributed by atoms with E-state index >= 15 is 0 Å². The van der Waals surface area contributed by atoms with Crippen LogP contribution in [0.2, 0.25) is 0 Å². The lowest BCUT2D eigenvalue weighted by molar-refractivity contribution is 0.745. The number of anilines is 2. The second-order valence-corrected chi connectivity index (χ2v) is 7.05. The van der Waals surface area contributed by atoms with Gasteiger partial charge in [0.2, 0.25) is 0 Å². The van der Waals surface area contributed by atoms with E-state index in [0.717, 1.165) is 68.0 Å². The van der Waals surface area contributed by atoms with Gasteiger partial charge in [0.15, 0.2) is 0 Å². The van der Waals surface area contributed by atoms with Crippen molar-refractivity contribution in [3.63, 3.8) is 0 Å². The Balaban J connectivity index is 2.32. The fourth-order valence-corrected chi connectivity index (χ4v) is 3.28. The van der Waals surface area contributed by atoms with Crippen molar-refractivity contribution >= 4 is 17.1 Å². The summed E-state index contributed by atoms with van der Waals surface area (Å²) in [5.41, 5.74) is 6.64. The Morgan fingerprint density at radius 3 is 2.37 bits per heavy atom. The lowest BCUT2D eigenvalue weighted by Crippen LogP contribution is -2.26. The van der Waals surface area contributed by atoms with E-state index < -0.39 is 0 Å². The zero-order valence-corrected chi connectivity index (χ0v) is 17.3. The van der Waals surface area contributed by atoms with Gasteiger partial charge in [-0.2, -0.15) is 0 Å². The minimum absolute atomic E-state index is 0.937. The maximum Gasteiger partial charge on any atom is 0.0628 e. The first kappa shape index (κ1) is 20.9. The fraction of sp³-hybridized carbons (Fsp3) is 0.417. The van der Waals surface area contributed by atoms with Crippen molar-refractivity contribution < 1.29 is 0 Å². The average Bonchev–Trinajstić information content (AvgIpc) is 3.21. The molecule has 27 heavy (non-hydrogen) atoms. The van der Waals surface area contributed by atoms with E-state index in [9.17, 15) is 0 Å². The Bertz CT molecular complexity index is 706. The van der Waals surface area contributed by atoms with Crippen LogP contribution >= 0.6 is 0 Å². The molecule has 3 nitrogen and oxygen atoms in total. The van der Waals surface area contributed by atoms with Crippen molar-refractivity contribution in [2.45, 2.75) is 46.5 Å². The summed E-state index contributed by atoms with van der Waals surface area (Å²) < 4.78 is 0. The van der Waals surface area contributed by atoms with Crippen molar-refractivity contribution in [1.29, 1.82) is 0 Å². The predicted octanol–water partition coefficient (Wildman–Crippen LogP) is 6.10. The predicted molar refractivity (Wildman–Crippen MR) is 121 cm³/mol. The first-order valence-corrected chi connectivity index (χ1v) is 10.2. The second-order valence-electron chi connectivity index (χ2n) is 7.05. The van der Waals surface area contributed by atoms with Gasteiger partial charge in [0.05, 0.1) is 11.4 Å². The number of hydrogen-bond acceptors (Lipinski definition) is 3. The minimum Gasteiger partial charge on any atom is -0.385 e. The maximum absolute atomic E-state index is 4.27. The van der Waals surface area contributed by atoms with Crippen LogP contribution in [0.1, 0.15) is 52.0 Å². The molecule has 0 saturated carbocycles. The van der Waals surface area contributed by atoms with Gasteiger partial charge >= 0.3 is 0 Å². The molecule has 1 aliphatic rings. The van der Waals surface area contributed by atoms with E-state index in [1.807, 2.05) is 0 Å². The third-order valence-corrected chi connectivity index (χ3v) is 4.71. The molecule has 1 aromatic rings. The van der Waals surface area contributed by atoms with Crippen LogP contribution in [0.5, 0.6) is 0 Å². The summed E-state index contributed by atoms with van der Waals surface area (Å²) >= 11 is 0. The molecule has 0 saturated heterocycles. The highest BCUT2D eigenvalue weighted by atomic mass is 15.1. The fourth-order valence-electron chi connectivity index (χ4n) is 3.28. The highest BCUT2D eigenvalue weighted by Gasteiger charge is 2.14. The number of nitrogens with one attached hydrogen (secondary N) is 2. The first-order valence-electron chi connectivity index (χ1n) is 10.2. The lowest BCUT2D eigenvalue weighted by atomic mass is 10.1. The molecule has 0 amide bonds. The molecule has 2 N–H and O–H groups in total. The standard InChI is InChI=1S/C24H35N3/c1-6-15-25-19(4)22-13-14-24(27(16-7-2)17-8-3)23(18-22)26-20(5)21-11-9-10-12-21/h9-11,13-14,18,25-26H,4-8,12,15-17H2,1-3H3. The smallest absolute Gasteiger partial charge is 0.0628 e. The third-order valence-electron chi connectivity index (χ3n) is 4.71. The van der Waals surface area contributed by atoms with E-state index in [2.05, 4.69) is 85.9 Å². The van der Waals surface area contributed by atoms with Crippen LogP contribution in [0.15, 0.2) is 60.9 Å².